The van der Waals surface area contributed by atoms with Crippen molar-refractivity contribution in [3.05, 3.63) is 175 Å². The van der Waals surface area contributed by atoms with Gasteiger partial charge in [-0.3, -0.25) is 0 Å². The van der Waals surface area contributed by atoms with Gasteiger partial charge < -0.3 is 8.98 Å². The summed E-state index contributed by atoms with van der Waals surface area (Å²) < 4.78 is 9.29. The first-order valence-electron chi connectivity index (χ1n) is 18.2. The van der Waals surface area contributed by atoms with E-state index < -0.39 is 0 Å². The lowest BCUT2D eigenvalue weighted by Gasteiger charge is -2.22. The fraction of sp³-hybridized carbons (Fsp3) is 0.0612. The number of hydrogen-bond acceptors (Lipinski definition) is 3. The number of para-hydroxylation sites is 1. The zero-order valence-electron chi connectivity index (χ0n) is 29.3. The number of hydrogen-bond donors (Lipinski definition) is 0. The SMILES string of the molecule is CC1(C)c2ccccc2-c2ccc(-n3c4ccccc4c4c5oc6cccc(-c7nc(-c8ccccc8)cc(-c8ccccc8)n7)c6c5ccc43)cc21. The molecule has 10 aromatic rings. The molecule has 0 atom stereocenters. The van der Waals surface area contributed by atoms with Crippen LogP contribution < -0.4 is 0 Å². The van der Waals surface area contributed by atoms with Crippen LogP contribution in [0.2, 0.25) is 0 Å². The highest BCUT2D eigenvalue weighted by molar-refractivity contribution is 6.25. The van der Waals surface area contributed by atoms with E-state index in [1.807, 2.05) is 42.5 Å². The normalized spacial score (nSPS) is 13.2. The summed E-state index contributed by atoms with van der Waals surface area (Å²) in [6.07, 6.45) is 0. The van der Waals surface area contributed by atoms with Crippen LogP contribution in [0.25, 0.3) is 94.5 Å². The standard InChI is InChI=1S/C49H33N3O/c1-49(2)38-21-11-9-18-33(38)34-25-24-32(28-39(34)49)52-42-22-12-10-19-35(42)46-43(52)27-26-36-45-37(20-13-23-44(45)53-47(36)46)48-50-40(30-14-5-3-6-15-30)29-41(51-48)31-16-7-4-8-17-31/h3-29H,1-2H3. The van der Waals surface area contributed by atoms with Gasteiger partial charge in [-0.1, -0.05) is 135 Å². The van der Waals surface area contributed by atoms with Crippen LogP contribution in [-0.2, 0) is 5.41 Å². The van der Waals surface area contributed by atoms with Crippen LogP contribution in [0.15, 0.2) is 168 Å². The number of nitrogens with zero attached hydrogens (tertiary/aromatic N) is 3. The maximum atomic E-state index is 6.90. The smallest absolute Gasteiger partial charge is 0.161 e. The maximum Gasteiger partial charge on any atom is 0.161 e. The molecule has 0 radical (unpaired) electrons. The van der Waals surface area contributed by atoms with E-state index in [4.69, 9.17) is 14.4 Å². The topological polar surface area (TPSA) is 43.9 Å². The van der Waals surface area contributed by atoms with Crippen LogP contribution in [0.4, 0.5) is 0 Å². The van der Waals surface area contributed by atoms with E-state index >= 15 is 0 Å². The Bertz CT molecular complexity index is 3020. The van der Waals surface area contributed by atoms with E-state index in [-0.39, 0.29) is 5.41 Å². The Morgan fingerprint density at radius 1 is 0.491 bits per heavy atom. The third-order valence-corrected chi connectivity index (χ3v) is 11.2. The Morgan fingerprint density at radius 2 is 1.15 bits per heavy atom. The number of benzene rings is 7. The van der Waals surface area contributed by atoms with Crippen LogP contribution >= 0.6 is 0 Å². The molecule has 4 nitrogen and oxygen atoms in total. The highest BCUT2D eigenvalue weighted by Crippen LogP contribution is 2.50. The fourth-order valence-electron chi connectivity index (χ4n) is 8.71. The minimum atomic E-state index is -0.0939. The predicted octanol–water partition coefficient (Wildman–Crippen LogP) is 12.8. The Hall–Kier alpha value is -6.78. The fourth-order valence-corrected chi connectivity index (χ4v) is 8.71. The monoisotopic (exact) mass is 679 g/mol. The van der Waals surface area contributed by atoms with Gasteiger partial charge in [0.2, 0.25) is 0 Å². The van der Waals surface area contributed by atoms with Crippen LogP contribution in [0.5, 0.6) is 0 Å². The molecule has 3 heterocycles. The van der Waals surface area contributed by atoms with Crippen molar-refractivity contribution in [3.63, 3.8) is 0 Å². The number of rotatable bonds is 4. The molecule has 4 heteroatoms. The summed E-state index contributed by atoms with van der Waals surface area (Å²) in [5, 5.41) is 4.33. The van der Waals surface area contributed by atoms with Crippen molar-refractivity contribution in [3.8, 4) is 50.7 Å². The van der Waals surface area contributed by atoms with E-state index in [0.29, 0.717) is 5.82 Å². The van der Waals surface area contributed by atoms with Crippen molar-refractivity contribution in [1.82, 2.24) is 14.5 Å². The van der Waals surface area contributed by atoms with Gasteiger partial charge in [-0.25, -0.2) is 9.97 Å². The van der Waals surface area contributed by atoms with Crippen molar-refractivity contribution in [2.75, 3.05) is 0 Å². The van der Waals surface area contributed by atoms with Gasteiger partial charge in [0.05, 0.1) is 27.8 Å². The number of furan rings is 1. The van der Waals surface area contributed by atoms with Gasteiger partial charge in [0.15, 0.2) is 5.82 Å². The van der Waals surface area contributed by atoms with Crippen molar-refractivity contribution < 1.29 is 4.42 Å². The van der Waals surface area contributed by atoms with Crippen molar-refractivity contribution >= 4 is 43.7 Å². The van der Waals surface area contributed by atoms with E-state index in [1.165, 1.54) is 22.3 Å². The highest BCUT2D eigenvalue weighted by atomic mass is 16.3. The van der Waals surface area contributed by atoms with Crippen molar-refractivity contribution in [2.45, 2.75) is 19.3 Å². The van der Waals surface area contributed by atoms with E-state index in [2.05, 4.69) is 140 Å². The summed E-state index contributed by atoms with van der Waals surface area (Å²) >= 11 is 0. The van der Waals surface area contributed by atoms with Crippen LogP contribution in [0.1, 0.15) is 25.0 Å². The summed E-state index contributed by atoms with van der Waals surface area (Å²) in [5.74, 6) is 0.669. The second-order valence-corrected chi connectivity index (χ2v) is 14.6. The highest BCUT2D eigenvalue weighted by Gasteiger charge is 2.35. The van der Waals surface area contributed by atoms with Crippen molar-refractivity contribution in [1.29, 1.82) is 0 Å². The largest absolute Gasteiger partial charge is 0.455 e. The minimum absolute atomic E-state index is 0.0939. The molecular weight excluding hydrogens is 647 g/mol. The van der Waals surface area contributed by atoms with E-state index in [1.54, 1.807) is 0 Å². The van der Waals surface area contributed by atoms with Gasteiger partial charge >= 0.3 is 0 Å². The summed E-state index contributed by atoms with van der Waals surface area (Å²) in [7, 11) is 0. The van der Waals surface area contributed by atoms with Gasteiger partial charge in [0.1, 0.15) is 11.2 Å². The first-order chi connectivity index (χ1) is 26.0. The summed E-state index contributed by atoms with van der Waals surface area (Å²) in [6, 6.07) is 57.9. The lowest BCUT2D eigenvalue weighted by molar-refractivity contribution is 0.660. The van der Waals surface area contributed by atoms with E-state index in [9.17, 15) is 0 Å². The summed E-state index contributed by atoms with van der Waals surface area (Å²) in [4.78, 5) is 10.4. The second kappa shape index (κ2) is 11.1. The lowest BCUT2D eigenvalue weighted by atomic mass is 9.82. The minimum Gasteiger partial charge on any atom is -0.455 e. The quantitative estimate of drug-likeness (QED) is 0.186. The average molecular weight is 680 g/mol. The molecule has 0 saturated heterocycles. The Balaban J connectivity index is 1.15. The third-order valence-electron chi connectivity index (χ3n) is 11.2. The van der Waals surface area contributed by atoms with Gasteiger partial charge in [-0.15, -0.1) is 0 Å². The molecule has 0 aliphatic heterocycles. The first-order valence-corrected chi connectivity index (χ1v) is 18.2. The third kappa shape index (κ3) is 4.36. The second-order valence-electron chi connectivity index (χ2n) is 14.6. The molecule has 1 aliphatic rings. The molecule has 0 amide bonds. The van der Waals surface area contributed by atoms with Gasteiger partial charge in [0, 0.05) is 44.0 Å². The van der Waals surface area contributed by atoms with Crippen LogP contribution in [0, 0.1) is 0 Å². The molecule has 0 bridgehead atoms. The zero-order valence-corrected chi connectivity index (χ0v) is 29.3. The molecule has 0 spiro atoms. The Kier molecular flexibility index (Phi) is 6.27. The van der Waals surface area contributed by atoms with Crippen LogP contribution in [-0.4, -0.2) is 14.5 Å². The predicted molar refractivity (Wildman–Crippen MR) is 218 cm³/mol. The molecule has 3 aromatic heterocycles. The Morgan fingerprint density at radius 3 is 1.92 bits per heavy atom. The molecule has 0 saturated carbocycles. The molecule has 0 unspecified atom stereocenters. The lowest BCUT2D eigenvalue weighted by Crippen LogP contribution is -2.15. The summed E-state index contributed by atoms with van der Waals surface area (Å²) in [6.45, 7) is 4.68. The molecule has 7 aromatic carbocycles. The average Bonchev–Trinajstić information content (AvgIpc) is 3.84. The molecule has 0 N–H and O–H groups in total. The van der Waals surface area contributed by atoms with Gasteiger partial charge in [-0.05, 0) is 64.7 Å². The molecular formula is C49H33N3O. The Labute approximate surface area is 306 Å². The number of fused-ring (bicyclic) bond motifs is 10. The number of aromatic nitrogens is 3. The zero-order chi connectivity index (χ0) is 35.3. The molecule has 1 aliphatic carbocycles. The van der Waals surface area contributed by atoms with Gasteiger partial charge in [-0.2, -0.15) is 0 Å². The summed E-state index contributed by atoms with van der Waals surface area (Å²) in [5.41, 5.74) is 15.2. The maximum absolute atomic E-state index is 6.90. The molecule has 0 fully saturated rings. The molecule has 11 rings (SSSR count). The van der Waals surface area contributed by atoms with Crippen molar-refractivity contribution in [2.24, 2.45) is 0 Å². The molecule has 53 heavy (non-hydrogen) atoms. The molecule has 250 valence electrons. The van der Waals surface area contributed by atoms with Gasteiger partial charge in [0.25, 0.3) is 0 Å². The van der Waals surface area contributed by atoms with E-state index in [0.717, 1.165) is 77.5 Å². The van der Waals surface area contributed by atoms with Crippen LogP contribution in [0.3, 0.4) is 0 Å². The first kappa shape index (κ1) is 29.9.